The van der Waals surface area contributed by atoms with Gasteiger partial charge in [-0.25, -0.2) is 0 Å². The van der Waals surface area contributed by atoms with Gasteiger partial charge in [0.1, 0.15) is 11.4 Å². The molecule has 74 valence electrons. The van der Waals surface area contributed by atoms with Gasteiger partial charge in [-0.1, -0.05) is 6.08 Å². The number of carbonyl (C=O) groups is 1. The first-order valence-corrected chi connectivity index (χ1v) is 5.69. The lowest BCUT2D eigenvalue weighted by atomic mass is 10.4. The van der Waals surface area contributed by atoms with Crippen molar-refractivity contribution in [1.29, 1.82) is 0 Å². The number of nitrogens with two attached hydrogens (primary N) is 2. The number of hydrogen-bond donors (Lipinski definition) is 3. The van der Waals surface area contributed by atoms with Crippen molar-refractivity contribution in [3.8, 4) is 0 Å². The zero-order chi connectivity index (χ0) is 10.3. The van der Waals surface area contributed by atoms with Crippen LogP contribution in [0.1, 0.15) is 6.42 Å². The molecule has 6 heteroatoms. The van der Waals surface area contributed by atoms with Crippen LogP contribution in [-0.2, 0) is 9.36 Å². The fraction of sp³-hybridized carbons (Fsp3) is 0.571. The highest BCUT2D eigenvalue weighted by molar-refractivity contribution is 7.61. The van der Waals surface area contributed by atoms with E-state index in [1.807, 2.05) is 0 Å². The number of amides is 1. The number of hydrogen-bond acceptors (Lipinski definition) is 3. The summed E-state index contributed by atoms with van der Waals surface area (Å²) in [5.74, 6) is -0.979. The Bertz CT molecular complexity index is 304. The van der Waals surface area contributed by atoms with E-state index in [0.717, 1.165) is 0 Å². The third kappa shape index (κ3) is 1.68. The van der Waals surface area contributed by atoms with Crippen molar-refractivity contribution in [3.05, 3.63) is 12.7 Å². The molecule has 1 fully saturated rings. The maximum atomic E-state index is 11.6. The van der Waals surface area contributed by atoms with E-state index >= 15 is 0 Å². The minimum Gasteiger partial charge on any atom is -0.369 e. The van der Waals surface area contributed by atoms with Gasteiger partial charge in [0, 0.05) is 5.92 Å². The predicted molar refractivity (Wildman–Crippen MR) is 49.1 cm³/mol. The summed E-state index contributed by atoms with van der Waals surface area (Å²) in [6.45, 7) is 3.48. The van der Waals surface area contributed by atoms with E-state index in [2.05, 4.69) is 6.58 Å². The first-order valence-electron chi connectivity index (χ1n) is 3.85. The molecule has 3 atom stereocenters. The quantitative estimate of drug-likeness (QED) is 0.428. The summed E-state index contributed by atoms with van der Waals surface area (Å²) < 4.78 is 11.6. The Labute approximate surface area is 76.2 Å². The highest BCUT2D eigenvalue weighted by Crippen LogP contribution is 2.67. The molecule has 5 N–H and O–H groups in total. The van der Waals surface area contributed by atoms with Crippen molar-refractivity contribution in [2.75, 3.05) is 6.16 Å². The normalized spacial score (nSPS) is 36.3. The summed E-state index contributed by atoms with van der Waals surface area (Å²) in [4.78, 5) is 20.0. The van der Waals surface area contributed by atoms with Crippen LogP contribution in [0.4, 0.5) is 0 Å². The highest BCUT2D eigenvalue weighted by Gasteiger charge is 2.61. The molecule has 0 aromatic carbocycles. The fourth-order valence-electron chi connectivity index (χ4n) is 1.34. The highest BCUT2D eigenvalue weighted by atomic mass is 31.2. The summed E-state index contributed by atoms with van der Waals surface area (Å²) in [6.07, 6.45) is 1.38. The van der Waals surface area contributed by atoms with Crippen LogP contribution in [0.5, 0.6) is 0 Å². The van der Waals surface area contributed by atoms with Crippen molar-refractivity contribution in [2.24, 2.45) is 17.4 Å². The molecule has 0 heterocycles. The summed E-state index contributed by atoms with van der Waals surface area (Å²) in [7, 11) is -3.66. The summed E-state index contributed by atoms with van der Waals surface area (Å²) in [5.41, 5.74) is 10.5. The van der Waals surface area contributed by atoms with Gasteiger partial charge in [0.15, 0.2) is 0 Å². The average molecular weight is 204 g/mol. The zero-order valence-electron chi connectivity index (χ0n) is 7.14. The third-order valence-corrected chi connectivity index (χ3v) is 4.89. The van der Waals surface area contributed by atoms with Crippen LogP contribution in [0.3, 0.4) is 0 Å². The molecule has 13 heavy (non-hydrogen) atoms. The molecule has 0 radical (unpaired) electrons. The molecule has 0 saturated heterocycles. The van der Waals surface area contributed by atoms with Gasteiger partial charge in [-0.3, -0.25) is 9.36 Å². The summed E-state index contributed by atoms with van der Waals surface area (Å²) >= 11 is 0. The van der Waals surface area contributed by atoms with E-state index in [-0.39, 0.29) is 5.92 Å². The molecule has 0 bridgehead atoms. The monoisotopic (exact) mass is 204 g/mol. The van der Waals surface area contributed by atoms with E-state index in [1.165, 1.54) is 6.08 Å². The fourth-order valence-corrected chi connectivity index (χ4v) is 3.16. The Morgan fingerprint density at radius 2 is 2.38 bits per heavy atom. The molecule has 5 nitrogen and oxygen atoms in total. The van der Waals surface area contributed by atoms with Gasteiger partial charge in [-0.2, -0.15) is 0 Å². The number of primary amides is 1. The van der Waals surface area contributed by atoms with E-state index < -0.39 is 24.7 Å². The van der Waals surface area contributed by atoms with Gasteiger partial charge >= 0.3 is 0 Å². The van der Waals surface area contributed by atoms with Crippen LogP contribution in [0.25, 0.3) is 0 Å². The van der Waals surface area contributed by atoms with Crippen LogP contribution in [0.15, 0.2) is 12.7 Å². The molecule has 1 aliphatic rings. The average Bonchev–Trinajstić information content (AvgIpc) is 2.61. The number of rotatable bonds is 4. The second-order valence-electron chi connectivity index (χ2n) is 3.36. The molecule has 0 aromatic heterocycles. The van der Waals surface area contributed by atoms with E-state index in [1.54, 1.807) is 0 Å². The molecular weight excluding hydrogens is 191 g/mol. The van der Waals surface area contributed by atoms with Gasteiger partial charge in [-0.05, 0) is 6.42 Å². The van der Waals surface area contributed by atoms with Gasteiger partial charge < -0.3 is 16.4 Å². The first-order chi connectivity index (χ1) is 5.83. The van der Waals surface area contributed by atoms with E-state index in [9.17, 15) is 14.3 Å². The Balaban J connectivity index is 2.77. The Kier molecular flexibility index (Phi) is 2.36. The van der Waals surface area contributed by atoms with Crippen LogP contribution < -0.4 is 11.5 Å². The van der Waals surface area contributed by atoms with Crippen molar-refractivity contribution >= 4 is 13.3 Å². The molecule has 0 spiro atoms. The minimum absolute atomic E-state index is 0.178. The minimum atomic E-state index is -3.66. The lowest BCUT2D eigenvalue weighted by Gasteiger charge is -2.17. The molecule has 0 aliphatic heterocycles. The molecular formula is C7H13N2O3P. The maximum absolute atomic E-state index is 11.6. The number of carbonyl (C=O) groups excluding carboxylic acids is 1. The largest absolute Gasteiger partial charge is 0.369 e. The van der Waals surface area contributed by atoms with Crippen molar-refractivity contribution in [3.63, 3.8) is 0 Å². The van der Waals surface area contributed by atoms with Crippen LogP contribution in [-0.4, -0.2) is 22.2 Å². The van der Waals surface area contributed by atoms with Crippen LogP contribution >= 0.6 is 7.37 Å². The lowest BCUT2D eigenvalue weighted by molar-refractivity contribution is -0.115. The summed E-state index contributed by atoms with van der Waals surface area (Å²) in [5, 5.41) is -1.16. The second kappa shape index (κ2) is 2.94. The van der Waals surface area contributed by atoms with Crippen LogP contribution in [0.2, 0.25) is 0 Å². The Morgan fingerprint density at radius 3 is 2.69 bits per heavy atom. The van der Waals surface area contributed by atoms with Crippen LogP contribution in [0, 0.1) is 5.92 Å². The Morgan fingerprint density at radius 1 is 1.85 bits per heavy atom. The van der Waals surface area contributed by atoms with Gasteiger partial charge in [0.05, 0.1) is 0 Å². The standard InChI is InChI=1S/C7H13N2O3P/c1-2-5-3-7(5,9)13(11,12)4-6(8)10/h2,5H,1,3-4,9H2,(H2,8,10)(H,11,12). The maximum Gasteiger partial charge on any atom is 0.229 e. The molecule has 3 unspecified atom stereocenters. The zero-order valence-corrected chi connectivity index (χ0v) is 8.04. The van der Waals surface area contributed by atoms with E-state index in [4.69, 9.17) is 11.5 Å². The molecule has 1 rings (SSSR count). The molecule has 0 aromatic rings. The third-order valence-electron chi connectivity index (χ3n) is 2.33. The molecule has 1 aliphatic carbocycles. The SMILES string of the molecule is C=CC1CC1(N)P(=O)(O)CC(N)=O. The topological polar surface area (TPSA) is 106 Å². The molecule has 1 saturated carbocycles. The first kappa shape index (κ1) is 10.4. The van der Waals surface area contributed by atoms with Crippen molar-refractivity contribution < 1.29 is 14.3 Å². The van der Waals surface area contributed by atoms with Crippen molar-refractivity contribution in [1.82, 2.24) is 0 Å². The lowest BCUT2D eigenvalue weighted by Crippen LogP contribution is -2.30. The summed E-state index contributed by atoms with van der Waals surface area (Å²) in [6, 6.07) is 0. The Hall–Kier alpha value is -0.640. The van der Waals surface area contributed by atoms with Gasteiger partial charge in [-0.15, -0.1) is 6.58 Å². The molecule has 1 amide bonds. The van der Waals surface area contributed by atoms with E-state index in [0.29, 0.717) is 6.42 Å². The van der Waals surface area contributed by atoms with Crippen molar-refractivity contribution in [2.45, 2.75) is 11.7 Å². The van der Waals surface area contributed by atoms with Gasteiger partial charge in [0.25, 0.3) is 0 Å². The van der Waals surface area contributed by atoms with Gasteiger partial charge in [0.2, 0.25) is 13.3 Å². The smallest absolute Gasteiger partial charge is 0.229 e. The second-order valence-corrected chi connectivity index (χ2v) is 5.92. The predicted octanol–water partition coefficient (Wildman–Crippen LogP) is -0.397.